The molecule has 0 saturated carbocycles. The Bertz CT molecular complexity index is 264. The monoisotopic (exact) mass is 228 g/mol. The number of carbonyl (C=O) groups is 2. The average Bonchev–Trinajstić information content (AvgIpc) is 2.20. The molecule has 1 amide bonds. The Labute approximate surface area is 95.9 Å². The molecule has 3 N–H and O–H groups in total. The molecule has 0 fully saturated rings. The number of rotatable bonds is 8. The fraction of sp³-hybridized carbons (Fsp3) is 0.636. The number of carboxylic acids is 1. The Kier molecular flexibility index (Phi) is 7.00. The molecule has 0 aromatic rings. The Morgan fingerprint density at radius 3 is 2.50 bits per heavy atom. The van der Waals surface area contributed by atoms with E-state index in [2.05, 4.69) is 24.1 Å². The van der Waals surface area contributed by atoms with Gasteiger partial charge in [0.15, 0.2) is 0 Å². The molecule has 16 heavy (non-hydrogen) atoms. The van der Waals surface area contributed by atoms with Crippen molar-refractivity contribution >= 4 is 11.9 Å². The number of nitrogens with one attached hydrogen (secondary N) is 2. The van der Waals surface area contributed by atoms with Crippen molar-refractivity contribution in [3.05, 3.63) is 12.3 Å². The van der Waals surface area contributed by atoms with Crippen LogP contribution in [0.25, 0.3) is 0 Å². The number of unbranched alkanes of at least 4 members (excludes halogenated alkanes) is 1. The van der Waals surface area contributed by atoms with Crippen LogP contribution in [0.4, 0.5) is 0 Å². The summed E-state index contributed by atoms with van der Waals surface area (Å²) >= 11 is 0. The van der Waals surface area contributed by atoms with Crippen LogP contribution in [0.15, 0.2) is 12.3 Å². The molecule has 0 bridgehead atoms. The van der Waals surface area contributed by atoms with Crippen LogP contribution in [0.1, 0.15) is 33.1 Å². The molecule has 0 aliphatic rings. The van der Waals surface area contributed by atoms with Crippen molar-refractivity contribution in [3.8, 4) is 0 Å². The summed E-state index contributed by atoms with van der Waals surface area (Å²) in [6, 6.07) is -0.197. The summed E-state index contributed by atoms with van der Waals surface area (Å²) in [5, 5.41) is 13.9. The molecule has 1 atom stereocenters. The summed E-state index contributed by atoms with van der Waals surface area (Å²) in [6.07, 6.45) is 2.74. The van der Waals surface area contributed by atoms with Gasteiger partial charge in [-0.1, -0.05) is 26.3 Å². The number of aliphatic carboxylic acids is 1. The second kappa shape index (κ2) is 7.73. The molecule has 92 valence electrons. The van der Waals surface area contributed by atoms with Crippen molar-refractivity contribution in [2.45, 2.75) is 39.2 Å². The first kappa shape index (κ1) is 14.5. The molecule has 0 aromatic heterocycles. The van der Waals surface area contributed by atoms with E-state index in [4.69, 9.17) is 5.11 Å². The highest BCUT2D eigenvalue weighted by molar-refractivity contribution is 5.73. The van der Waals surface area contributed by atoms with Crippen LogP contribution < -0.4 is 10.6 Å². The predicted octanol–water partition coefficient (Wildman–Crippen LogP) is 0.869. The molecule has 5 nitrogen and oxygen atoms in total. The van der Waals surface area contributed by atoms with Gasteiger partial charge in [0.25, 0.3) is 0 Å². The quantitative estimate of drug-likeness (QED) is 0.576. The van der Waals surface area contributed by atoms with Gasteiger partial charge < -0.3 is 15.7 Å². The highest BCUT2D eigenvalue weighted by Crippen LogP contribution is 2.06. The van der Waals surface area contributed by atoms with Gasteiger partial charge in [-0.3, -0.25) is 9.59 Å². The highest BCUT2D eigenvalue weighted by atomic mass is 16.4. The van der Waals surface area contributed by atoms with Crippen LogP contribution in [0, 0.1) is 0 Å². The Morgan fingerprint density at radius 2 is 2.06 bits per heavy atom. The van der Waals surface area contributed by atoms with Gasteiger partial charge in [0.05, 0.1) is 6.04 Å². The van der Waals surface area contributed by atoms with Crippen molar-refractivity contribution in [3.63, 3.8) is 0 Å². The summed E-state index contributed by atoms with van der Waals surface area (Å²) < 4.78 is 0. The average molecular weight is 228 g/mol. The molecular formula is C11H20N2O3. The van der Waals surface area contributed by atoms with E-state index in [1.54, 1.807) is 0 Å². The first-order chi connectivity index (χ1) is 7.47. The molecule has 0 aromatic carbocycles. The second-order valence-electron chi connectivity index (χ2n) is 3.67. The molecule has 0 saturated heterocycles. The standard InChI is InChI=1S/C11H20N2O3/c1-4-5-6-10(13-9(3)14)8(2)12-7-11(15)16/h10,12H,2,4-7H2,1,3H3,(H,13,14)(H,15,16)/t10-/m0/s1. The molecule has 0 radical (unpaired) electrons. The van der Waals surface area contributed by atoms with Gasteiger partial charge in [-0.15, -0.1) is 0 Å². The Balaban J connectivity index is 4.19. The molecule has 0 heterocycles. The number of carboxylic acid groups (broad SMARTS) is 1. The van der Waals surface area contributed by atoms with Crippen LogP contribution in [-0.2, 0) is 9.59 Å². The minimum absolute atomic E-state index is 0.139. The fourth-order valence-corrected chi connectivity index (χ4v) is 1.30. The predicted molar refractivity (Wildman–Crippen MR) is 61.9 cm³/mol. The lowest BCUT2D eigenvalue weighted by molar-refractivity contribution is -0.135. The maximum atomic E-state index is 11.0. The summed E-state index contributed by atoms with van der Waals surface area (Å²) in [5.41, 5.74) is 0.547. The summed E-state index contributed by atoms with van der Waals surface area (Å²) in [4.78, 5) is 21.3. The van der Waals surface area contributed by atoms with Gasteiger partial charge in [-0.05, 0) is 6.42 Å². The molecule has 0 spiro atoms. The summed E-state index contributed by atoms with van der Waals surface area (Å²) in [6.45, 7) is 7.05. The molecule has 0 aliphatic carbocycles. The fourth-order valence-electron chi connectivity index (χ4n) is 1.30. The molecular weight excluding hydrogens is 208 g/mol. The zero-order valence-electron chi connectivity index (χ0n) is 9.88. The molecule has 0 unspecified atom stereocenters. The normalized spacial score (nSPS) is 11.6. The maximum Gasteiger partial charge on any atom is 0.322 e. The van der Waals surface area contributed by atoms with Gasteiger partial charge in [-0.25, -0.2) is 0 Å². The largest absolute Gasteiger partial charge is 0.480 e. The minimum atomic E-state index is -0.946. The van der Waals surface area contributed by atoms with Crippen molar-refractivity contribution < 1.29 is 14.7 Å². The second-order valence-corrected chi connectivity index (χ2v) is 3.67. The van der Waals surface area contributed by atoms with E-state index >= 15 is 0 Å². The van der Waals surface area contributed by atoms with E-state index in [9.17, 15) is 9.59 Å². The lowest BCUT2D eigenvalue weighted by Gasteiger charge is -2.20. The Hall–Kier alpha value is -1.52. The van der Waals surface area contributed by atoms with Crippen molar-refractivity contribution in [1.82, 2.24) is 10.6 Å². The van der Waals surface area contributed by atoms with Gasteiger partial charge in [0.2, 0.25) is 5.91 Å². The summed E-state index contributed by atoms with van der Waals surface area (Å²) in [5.74, 6) is -1.09. The third-order valence-electron chi connectivity index (χ3n) is 2.11. The SMILES string of the molecule is C=C(NCC(=O)O)[C@H](CCCC)NC(C)=O. The lowest BCUT2D eigenvalue weighted by Crippen LogP contribution is -2.40. The van der Waals surface area contributed by atoms with Crippen LogP contribution in [0.2, 0.25) is 0 Å². The van der Waals surface area contributed by atoms with Crippen LogP contribution in [0.5, 0.6) is 0 Å². The van der Waals surface area contributed by atoms with Gasteiger partial charge in [-0.2, -0.15) is 0 Å². The summed E-state index contributed by atoms with van der Waals surface area (Å²) in [7, 11) is 0. The number of hydrogen-bond acceptors (Lipinski definition) is 3. The number of hydrogen-bond donors (Lipinski definition) is 3. The topological polar surface area (TPSA) is 78.4 Å². The first-order valence-electron chi connectivity index (χ1n) is 5.39. The van der Waals surface area contributed by atoms with Gasteiger partial charge >= 0.3 is 5.97 Å². The third-order valence-corrected chi connectivity index (χ3v) is 2.11. The third kappa shape index (κ3) is 6.86. The smallest absolute Gasteiger partial charge is 0.322 e. The van der Waals surface area contributed by atoms with E-state index in [-0.39, 0.29) is 18.5 Å². The molecule has 5 heteroatoms. The highest BCUT2D eigenvalue weighted by Gasteiger charge is 2.13. The number of carbonyl (C=O) groups excluding carboxylic acids is 1. The molecule has 0 aliphatic heterocycles. The number of amides is 1. The van der Waals surface area contributed by atoms with Gasteiger partial charge in [0, 0.05) is 12.6 Å². The van der Waals surface area contributed by atoms with E-state index in [0.717, 1.165) is 19.3 Å². The maximum absolute atomic E-state index is 11.0. The van der Waals surface area contributed by atoms with Crippen LogP contribution >= 0.6 is 0 Å². The minimum Gasteiger partial charge on any atom is -0.480 e. The molecule has 0 rings (SSSR count). The first-order valence-corrected chi connectivity index (χ1v) is 5.39. The van der Waals surface area contributed by atoms with E-state index in [1.807, 2.05) is 0 Å². The van der Waals surface area contributed by atoms with Crippen molar-refractivity contribution in [2.24, 2.45) is 0 Å². The van der Waals surface area contributed by atoms with Gasteiger partial charge in [0.1, 0.15) is 6.54 Å². The Morgan fingerprint density at radius 1 is 1.44 bits per heavy atom. The van der Waals surface area contributed by atoms with E-state index in [1.165, 1.54) is 6.92 Å². The van der Waals surface area contributed by atoms with Crippen molar-refractivity contribution in [2.75, 3.05) is 6.54 Å². The van der Waals surface area contributed by atoms with Crippen molar-refractivity contribution in [1.29, 1.82) is 0 Å². The van der Waals surface area contributed by atoms with E-state index in [0.29, 0.717) is 5.70 Å². The zero-order chi connectivity index (χ0) is 12.6. The zero-order valence-corrected chi connectivity index (χ0v) is 9.88. The lowest BCUT2D eigenvalue weighted by atomic mass is 10.1. The van der Waals surface area contributed by atoms with Crippen LogP contribution in [0.3, 0.4) is 0 Å². The van der Waals surface area contributed by atoms with Crippen LogP contribution in [-0.4, -0.2) is 29.6 Å². The van der Waals surface area contributed by atoms with E-state index < -0.39 is 5.97 Å².